The van der Waals surface area contributed by atoms with E-state index in [9.17, 15) is 9.59 Å². The quantitative estimate of drug-likeness (QED) is 0.250. The van der Waals surface area contributed by atoms with E-state index in [0.717, 1.165) is 40.9 Å². The Balaban J connectivity index is 1.71. The largest absolute Gasteiger partial charge is 0.289 e. The third kappa shape index (κ3) is 9.03. The normalized spacial score (nSPS) is 16.6. The van der Waals surface area contributed by atoms with Crippen molar-refractivity contribution in [1.82, 2.24) is 0 Å². The molecular formula is C33H52O2. The van der Waals surface area contributed by atoms with Crippen LogP contribution in [0.25, 0.3) is 0 Å². The summed E-state index contributed by atoms with van der Waals surface area (Å²) in [7, 11) is 0. The molecule has 0 saturated heterocycles. The van der Waals surface area contributed by atoms with Gasteiger partial charge in [0.1, 0.15) is 0 Å². The summed E-state index contributed by atoms with van der Waals surface area (Å²) in [6.45, 7) is 17.6. The van der Waals surface area contributed by atoms with E-state index >= 15 is 0 Å². The lowest BCUT2D eigenvalue weighted by atomic mass is 9.80. The Bertz CT molecular complexity index is 889. The van der Waals surface area contributed by atoms with Crippen molar-refractivity contribution in [3.05, 3.63) is 45.5 Å². The molecule has 0 aromatic heterocycles. The lowest BCUT2D eigenvalue weighted by Crippen LogP contribution is -2.22. The first-order chi connectivity index (χ1) is 16.5. The van der Waals surface area contributed by atoms with Crippen molar-refractivity contribution in [1.29, 1.82) is 0 Å². The van der Waals surface area contributed by atoms with Gasteiger partial charge in [0.2, 0.25) is 0 Å². The third-order valence-electron chi connectivity index (χ3n) is 8.34. The Hall–Kier alpha value is -1.70. The van der Waals surface area contributed by atoms with Crippen molar-refractivity contribution in [2.24, 2.45) is 23.7 Å². The number of ketones is 2. The molecule has 0 aliphatic heterocycles. The second kappa shape index (κ2) is 14.1. The van der Waals surface area contributed by atoms with Crippen LogP contribution in [0.15, 0.2) is 23.3 Å². The molecule has 35 heavy (non-hydrogen) atoms. The number of allylic oxidation sites excluding steroid dienone is 2. The van der Waals surface area contributed by atoms with E-state index in [0.29, 0.717) is 29.0 Å². The van der Waals surface area contributed by atoms with Crippen molar-refractivity contribution in [2.45, 2.75) is 126 Å². The summed E-state index contributed by atoms with van der Waals surface area (Å²) in [5.74, 6) is 3.19. The van der Waals surface area contributed by atoms with Gasteiger partial charge in [-0.3, -0.25) is 9.59 Å². The van der Waals surface area contributed by atoms with Crippen LogP contribution in [0.3, 0.4) is 0 Å². The molecule has 3 atom stereocenters. The fourth-order valence-corrected chi connectivity index (χ4v) is 5.49. The summed E-state index contributed by atoms with van der Waals surface area (Å²) < 4.78 is 0. The molecule has 0 radical (unpaired) electrons. The van der Waals surface area contributed by atoms with Gasteiger partial charge in [-0.25, -0.2) is 0 Å². The molecule has 1 aliphatic carbocycles. The van der Waals surface area contributed by atoms with Crippen LogP contribution < -0.4 is 0 Å². The van der Waals surface area contributed by atoms with Gasteiger partial charge in [0, 0.05) is 22.3 Å². The number of Topliss-reactive ketones (excluding diaryl/α,β-unsaturated/α-hetero) is 2. The van der Waals surface area contributed by atoms with E-state index in [1.54, 1.807) is 0 Å². The van der Waals surface area contributed by atoms with Gasteiger partial charge in [-0.15, -0.1) is 0 Å². The van der Waals surface area contributed by atoms with Crippen molar-refractivity contribution in [3.8, 4) is 0 Å². The molecule has 0 fully saturated rings. The summed E-state index contributed by atoms with van der Waals surface area (Å²) in [4.78, 5) is 26.1. The average Bonchev–Trinajstić information content (AvgIpc) is 2.78. The van der Waals surface area contributed by atoms with E-state index in [-0.39, 0.29) is 11.6 Å². The minimum atomic E-state index is 0.0356. The molecule has 1 aromatic rings. The van der Waals surface area contributed by atoms with Crippen LogP contribution in [0.5, 0.6) is 0 Å². The summed E-state index contributed by atoms with van der Waals surface area (Å²) in [6, 6.07) is 3.80. The summed E-state index contributed by atoms with van der Waals surface area (Å²) >= 11 is 0. The maximum absolute atomic E-state index is 13.2. The predicted octanol–water partition coefficient (Wildman–Crippen LogP) is 9.85. The highest BCUT2D eigenvalue weighted by Gasteiger charge is 2.30. The minimum Gasteiger partial charge on any atom is -0.289 e. The number of carbonyl (C=O) groups is 2. The summed E-state index contributed by atoms with van der Waals surface area (Å²) in [5, 5.41) is 0. The second-order valence-electron chi connectivity index (χ2n) is 12.3. The molecule has 0 spiro atoms. The first-order valence-corrected chi connectivity index (χ1v) is 14.4. The molecule has 2 rings (SSSR count). The lowest BCUT2D eigenvalue weighted by Gasteiger charge is -2.22. The van der Waals surface area contributed by atoms with Crippen LogP contribution in [0.2, 0.25) is 0 Å². The van der Waals surface area contributed by atoms with E-state index < -0.39 is 0 Å². The second-order valence-corrected chi connectivity index (χ2v) is 12.3. The predicted molar refractivity (Wildman–Crippen MR) is 150 cm³/mol. The van der Waals surface area contributed by atoms with Crippen molar-refractivity contribution >= 4 is 11.6 Å². The van der Waals surface area contributed by atoms with Crippen LogP contribution in [0.4, 0.5) is 0 Å². The van der Waals surface area contributed by atoms with Gasteiger partial charge >= 0.3 is 0 Å². The van der Waals surface area contributed by atoms with E-state index in [4.69, 9.17) is 0 Å². The number of benzene rings is 1. The Morgan fingerprint density at radius 1 is 0.571 bits per heavy atom. The van der Waals surface area contributed by atoms with Crippen LogP contribution in [-0.2, 0) is 0 Å². The number of hydrogen-bond donors (Lipinski definition) is 0. The Labute approximate surface area is 216 Å². The molecule has 0 heterocycles. The summed E-state index contributed by atoms with van der Waals surface area (Å²) in [6.07, 6.45) is 13.7. The number of carbonyl (C=O) groups excluding carboxylic acids is 2. The summed E-state index contributed by atoms with van der Waals surface area (Å²) in [5.41, 5.74) is 4.74. The number of aryl methyl sites for hydroxylation is 2. The molecule has 0 N–H and O–H groups in total. The molecule has 1 aliphatic rings. The molecule has 2 heteroatoms. The van der Waals surface area contributed by atoms with Crippen molar-refractivity contribution in [2.75, 3.05) is 0 Å². The zero-order valence-electron chi connectivity index (χ0n) is 24.1. The molecule has 0 amide bonds. The average molecular weight is 481 g/mol. The van der Waals surface area contributed by atoms with Gasteiger partial charge in [0.05, 0.1) is 0 Å². The van der Waals surface area contributed by atoms with Crippen LogP contribution in [-0.4, -0.2) is 11.6 Å². The van der Waals surface area contributed by atoms with E-state index in [1.807, 2.05) is 32.9 Å². The highest BCUT2D eigenvalue weighted by molar-refractivity contribution is 6.26. The maximum atomic E-state index is 13.2. The lowest BCUT2D eigenvalue weighted by molar-refractivity contribution is 0.0971. The van der Waals surface area contributed by atoms with E-state index in [2.05, 4.69) is 34.6 Å². The van der Waals surface area contributed by atoms with Crippen LogP contribution >= 0.6 is 0 Å². The molecule has 0 saturated carbocycles. The maximum Gasteiger partial charge on any atom is 0.190 e. The molecule has 2 nitrogen and oxygen atoms in total. The molecular weight excluding hydrogens is 428 g/mol. The first-order valence-electron chi connectivity index (χ1n) is 14.4. The van der Waals surface area contributed by atoms with Crippen LogP contribution in [0.1, 0.15) is 144 Å². The smallest absolute Gasteiger partial charge is 0.190 e. The SMILES string of the molecule is CC1=C(CCC(C)CCCC(C)CCCC(C)CCCC(C)C)C(=O)c2cc(C)c(C)cc2C1=O. The highest BCUT2D eigenvalue weighted by Crippen LogP contribution is 2.32. The van der Waals surface area contributed by atoms with Gasteiger partial charge < -0.3 is 0 Å². The minimum absolute atomic E-state index is 0.0356. The Morgan fingerprint density at radius 2 is 0.971 bits per heavy atom. The number of fused-ring (bicyclic) bond motifs is 1. The van der Waals surface area contributed by atoms with Gasteiger partial charge in [0.15, 0.2) is 11.6 Å². The van der Waals surface area contributed by atoms with Gasteiger partial charge in [0.25, 0.3) is 0 Å². The molecule has 3 unspecified atom stereocenters. The Kier molecular flexibility index (Phi) is 11.9. The standard InChI is InChI=1S/C33H52O2/c1-22(2)12-9-13-23(3)14-10-15-24(4)16-11-17-25(5)18-19-29-28(8)32(34)30-20-26(6)27(7)21-31(30)33(29)35/h20-25H,9-19H2,1-8H3. The fourth-order valence-electron chi connectivity index (χ4n) is 5.49. The molecule has 0 bridgehead atoms. The zero-order valence-corrected chi connectivity index (χ0v) is 24.1. The first kappa shape index (κ1) is 29.5. The van der Waals surface area contributed by atoms with E-state index in [1.165, 1.54) is 57.8 Å². The van der Waals surface area contributed by atoms with Gasteiger partial charge in [-0.2, -0.15) is 0 Å². The van der Waals surface area contributed by atoms with Gasteiger partial charge in [-0.1, -0.05) is 92.4 Å². The Morgan fingerprint density at radius 3 is 1.43 bits per heavy atom. The zero-order chi connectivity index (χ0) is 26.1. The van der Waals surface area contributed by atoms with Crippen molar-refractivity contribution in [3.63, 3.8) is 0 Å². The monoisotopic (exact) mass is 480 g/mol. The topological polar surface area (TPSA) is 34.1 Å². The van der Waals surface area contributed by atoms with Crippen molar-refractivity contribution < 1.29 is 9.59 Å². The number of rotatable bonds is 15. The number of hydrogen-bond acceptors (Lipinski definition) is 2. The fraction of sp³-hybridized carbons (Fsp3) is 0.697. The van der Waals surface area contributed by atoms with Gasteiger partial charge in [-0.05, 0) is 80.5 Å². The van der Waals surface area contributed by atoms with Crippen LogP contribution in [0, 0.1) is 37.5 Å². The highest BCUT2D eigenvalue weighted by atomic mass is 16.1. The third-order valence-corrected chi connectivity index (χ3v) is 8.34. The molecule has 1 aromatic carbocycles. The molecule has 196 valence electrons.